The molecule has 0 heterocycles. The zero-order valence-corrected chi connectivity index (χ0v) is 18.1. The number of para-hydroxylation sites is 2. The SMILES string of the molecule is CCOc1cc(C(=O)OC(C)C(=O)Nc2ccccc2OC)ccc1OCC(C)C. The van der Waals surface area contributed by atoms with Gasteiger partial charge in [-0.2, -0.15) is 0 Å². The maximum absolute atomic E-state index is 12.5. The molecule has 0 aromatic heterocycles. The summed E-state index contributed by atoms with van der Waals surface area (Å²) in [5.41, 5.74) is 0.769. The molecule has 0 saturated heterocycles. The van der Waals surface area contributed by atoms with Crippen molar-refractivity contribution in [2.45, 2.75) is 33.8 Å². The van der Waals surface area contributed by atoms with Crippen molar-refractivity contribution in [1.82, 2.24) is 0 Å². The summed E-state index contributed by atoms with van der Waals surface area (Å²) in [5, 5.41) is 2.70. The van der Waals surface area contributed by atoms with E-state index in [0.29, 0.717) is 42.1 Å². The van der Waals surface area contributed by atoms with Crippen molar-refractivity contribution >= 4 is 17.6 Å². The van der Waals surface area contributed by atoms with Gasteiger partial charge in [0.05, 0.1) is 31.6 Å². The number of rotatable bonds is 10. The van der Waals surface area contributed by atoms with Gasteiger partial charge in [-0.25, -0.2) is 4.79 Å². The number of nitrogens with one attached hydrogen (secondary N) is 1. The molecule has 0 aliphatic carbocycles. The second-order valence-electron chi connectivity index (χ2n) is 7.04. The van der Waals surface area contributed by atoms with Crippen molar-refractivity contribution in [3.63, 3.8) is 0 Å². The fraction of sp³-hybridized carbons (Fsp3) is 0.391. The van der Waals surface area contributed by atoms with E-state index in [1.54, 1.807) is 42.5 Å². The fourth-order valence-electron chi connectivity index (χ4n) is 2.54. The highest BCUT2D eigenvalue weighted by Gasteiger charge is 2.21. The van der Waals surface area contributed by atoms with Gasteiger partial charge in [-0.1, -0.05) is 26.0 Å². The highest BCUT2D eigenvalue weighted by atomic mass is 16.5. The van der Waals surface area contributed by atoms with E-state index < -0.39 is 18.0 Å². The van der Waals surface area contributed by atoms with Crippen LogP contribution in [0.25, 0.3) is 0 Å². The Bertz CT molecular complexity index is 865. The summed E-state index contributed by atoms with van der Waals surface area (Å²) in [6.45, 7) is 8.40. The second kappa shape index (κ2) is 11.1. The summed E-state index contributed by atoms with van der Waals surface area (Å²) in [5.74, 6) is 0.793. The Hall–Kier alpha value is -3.22. The Morgan fingerprint density at radius 1 is 0.967 bits per heavy atom. The van der Waals surface area contributed by atoms with E-state index in [-0.39, 0.29) is 5.56 Å². The van der Waals surface area contributed by atoms with Gasteiger partial charge < -0.3 is 24.3 Å². The second-order valence-corrected chi connectivity index (χ2v) is 7.04. The molecule has 7 nitrogen and oxygen atoms in total. The molecule has 0 spiro atoms. The predicted octanol–water partition coefficient (Wildman–Crippen LogP) is 4.31. The first-order chi connectivity index (χ1) is 14.3. The van der Waals surface area contributed by atoms with E-state index >= 15 is 0 Å². The number of hydrogen-bond donors (Lipinski definition) is 1. The van der Waals surface area contributed by atoms with Crippen molar-refractivity contribution in [2.75, 3.05) is 25.6 Å². The molecular weight excluding hydrogens is 386 g/mol. The summed E-state index contributed by atoms with van der Waals surface area (Å²) >= 11 is 0. The van der Waals surface area contributed by atoms with Crippen molar-refractivity contribution in [3.8, 4) is 17.2 Å². The molecule has 30 heavy (non-hydrogen) atoms. The first-order valence-electron chi connectivity index (χ1n) is 9.90. The molecule has 1 unspecified atom stereocenters. The molecule has 162 valence electrons. The molecule has 2 aromatic rings. The minimum atomic E-state index is -1.00. The van der Waals surface area contributed by atoms with Crippen LogP contribution in [0.1, 0.15) is 38.1 Å². The number of methoxy groups -OCH3 is 1. The third-order valence-electron chi connectivity index (χ3n) is 4.07. The van der Waals surface area contributed by atoms with Crippen LogP contribution in [0.5, 0.6) is 17.2 Å². The van der Waals surface area contributed by atoms with Crippen molar-refractivity contribution in [1.29, 1.82) is 0 Å². The number of carbonyl (C=O) groups is 2. The van der Waals surface area contributed by atoms with Gasteiger partial charge in [0.2, 0.25) is 0 Å². The standard InChI is InChI=1S/C23H29NO6/c1-6-28-21-13-17(11-12-20(21)29-14-15(2)3)23(26)30-16(4)22(25)24-18-9-7-8-10-19(18)27-5/h7-13,15-16H,6,14H2,1-5H3,(H,24,25). The molecule has 0 saturated carbocycles. The van der Waals surface area contributed by atoms with Crippen LogP contribution in [0.15, 0.2) is 42.5 Å². The van der Waals surface area contributed by atoms with Gasteiger partial charge in [-0.15, -0.1) is 0 Å². The summed E-state index contributed by atoms with van der Waals surface area (Å²) in [7, 11) is 1.51. The quantitative estimate of drug-likeness (QED) is 0.582. The van der Waals surface area contributed by atoms with E-state index in [1.807, 2.05) is 20.8 Å². The zero-order valence-electron chi connectivity index (χ0n) is 18.1. The van der Waals surface area contributed by atoms with Gasteiger partial charge in [-0.3, -0.25) is 4.79 Å². The average molecular weight is 415 g/mol. The Labute approximate surface area is 177 Å². The Balaban J connectivity index is 2.06. The lowest BCUT2D eigenvalue weighted by molar-refractivity contribution is -0.123. The molecule has 0 fully saturated rings. The van der Waals surface area contributed by atoms with Crippen LogP contribution in [-0.2, 0) is 9.53 Å². The highest BCUT2D eigenvalue weighted by molar-refractivity contribution is 5.98. The molecule has 7 heteroatoms. The van der Waals surface area contributed by atoms with Gasteiger partial charge in [0.15, 0.2) is 17.6 Å². The van der Waals surface area contributed by atoms with E-state index in [0.717, 1.165) is 0 Å². The Kier molecular flexibility index (Phi) is 8.53. The van der Waals surface area contributed by atoms with E-state index in [1.165, 1.54) is 14.0 Å². The summed E-state index contributed by atoms with van der Waals surface area (Å²) in [4.78, 5) is 25.0. The maximum atomic E-state index is 12.5. The topological polar surface area (TPSA) is 83.1 Å². The third kappa shape index (κ3) is 6.40. The summed E-state index contributed by atoms with van der Waals surface area (Å²) in [6.07, 6.45) is -1.00. The smallest absolute Gasteiger partial charge is 0.339 e. The lowest BCUT2D eigenvalue weighted by Gasteiger charge is -2.16. The molecule has 1 atom stereocenters. The highest BCUT2D eigenvalue weighted by Crippen LogP contribution is 2.29. The summed E-state index contributed by atoms with van der Waals surface area (Å²) < 4.78 is 21.9. The zero-order chi connectivity index (χ0) is 22.1. The summed E-state index contributed by atoms with van der Waals surface area (Å²) in [6, 6.07) is 11.8. The number of ether oxygens (including phenoxy) is 4. The number of amides is 1. The van der Waals surface area contributed by atoms with Crippen LogP contribution in [0.4, 0.5) is 5.69 Å². The number of carbonyl (C=O) groups excluding carboxylic acids is 2. The predicted molar refractivity (Wildman–Crippen MR) is 114 cm³/mol. The van der Waals surface area contributed by atoms with E-state index in [4.69, 9.17) is 18.9 Å². The molecular formula is C23H29NO6. The number of esters is 1. The minimum absolute atomic E-state index is 0.271. The number of benzene rings is 2. The third-order valence-corrected chi connectivity index (χ3v) is 4.07. The lowest BCUT2D eigenvalue weighted by Crippen LogP contribution is -2.30. The molecule has 0 radical (unpaired) electrons. The number of anilines is 1. The Morgan fingerprint density at radius 3 is 2.37 bits per heavy atom. The van der Waals surface area contributed by atoms with Crippen molar-refractivity contribution in [3.05, 3.63) is 48.0 Å². The van der Waals surface area contributed by atoms with Gasteiger partial charge in [0.1, 0.15) is 5.75 Å². The average Bonchev–Trinajstić information content (AvgIpc) is 2.73. The van der Waals surface area contributed by atoms with Crippen molar-refractivity contribution < 1.29 is 28.5 Å². The molecule has 0 aliphatic heterocycles. The van der Waals surface area contributed by atoms with Gasteiger partial charge >= 0.3 is 5.97 Å². The molecule has 1 N–H and O–H groups in total. The fourth-order valence-corrected chi connectivity index (χ4v) is 2.54. The number of hydrogen-bond acceptors (Lipinski definition) is 6. The molecule has 1 amide bonds. The van der Waals surface area contributed by atoms with Crippen LogP contribution in [0, 0.1) is 5.92 Å². The van der Waals surface area contributed by atoms with Gasteiger partial charge in [0.25, 0.3) is 5.91 Å². The van der Waals surface area contributed by atoms with Crippen molar-refractivity contribution in [2.24, 2.45) is 5.92 Å². The lowest BCUT2D eigenvalue weighted by atomic mass is 10.2. The van der Waals surface area contributed by atoms with E-state index in [9.17, 15) is 9.59 Å². The normalized spacial score (nSPS) is 11.5. The first-order valence-corrected chi connectivity index (χ1v) is 9.90. The molecule has 2 rings (SSSR count). The monoisotopic (exact) mass is 415 g/mol. The van der Waals surface area contributed by atoms with Crippen LogP contribution in [0.3, 0.4) is 0 Å². The van der Waals surface area contributed by atoms with Crippen LogP contribution >= 0.6 is 0 Å². The van der Waals surface area contributed by atoms with Crippen LogP contribution in [-0.4, -0.2) is 38.3 Å². The molecule has 0 bridgehead atoms. The molecule has 2 aromatic carbocycles. The minimum Gasteiger partial charge on any atom is -0.495 e. The van der Waals surface area contributed by atoms with E-state index in [2.05, 4.69) is 5.32 Å². The van der Waals surface area contributed by atoms with Gasteiger partial charge in [-0.05, 0) is 50.1 Å². The van der Waals surface area contributed by atoms with Crippen LogP contribution in [0.2, 0.25) is 0 Å². The van der Waals surface area contributed by atoms with Crippen LogP contribution < -0.4 is 19.5 Å². The first kappa shape index (κ1) is 23.1. The Morgan fingerprint density at radius 2 is 1.70 bits per heavy atom. The molecule has 0 aliphatic rings. The largest absolute Gasteiger partial charge is 0.495 e. The van der Waals surface area contributed by atoms with Gasteiger partial charge in [0, 0.05) is 0 Å². The maximum Gasteiger partial charge on any atom is 0.339 e.